The minimum Gasteiger partial charge on any atom is -0.490 e. The van der Waals surface area contributed by atoms with E-state index in [0.717, 1.165) is 10.0 Å². The maximum absolute atomic E-state index is 11.7. The number of hydrogen-bond acceptors (Lipinski definition) is 6. The molecule has 10 heteroatoms. The van der Waals surface area contributed by atoms with Gasteiger partial charge in [-0.2, -0.15) is 0 Å². The molecule has 3 rings (SSSR count). The highest BCUT2D eigenvalue weighted by Gasteiger charge is 2.18. The first-order valence-electron chi connectivity index (χ1n) is 9.20. The number of hydrogen-bond donors (Lipinski definition) is 2. The number of H-pyrrole nitrogens is 2. The molecule has 0 amide bonds. The van der Waals surface area contributed by atoms with E-state index in [2.05, 4.69) is 20.9 Å². The Bertz CT molecular complexity index is 1230. The Morgan fingerprint density at radius 3 is 2.45 bits per heavy atom. The fourth-order valence-electron chi connectivity index (χ4n) is 2.74. The highest BCUT2D eigenvalue weighted by molar-refractivity contribution is 9.10. The Labute approximate surface area is 184 Å². The maximum atomic E-state index is 11.7. The summed E-state index contributed by atoms with van der Waals surface area (Å²) in [5.41, 5.74) is -1.22. The lowest BCUT2D eigenvalue weighted by molar-refractivity contribution is -0.386. The molecular weight excluding hydrogens is 470 g/mol. The molecule has 0 saturated carbocycles. The Morgan fingerprint density at radius 1 is 1.03 bits per heavy atom. The zero-order chi connectivity index (χ0) is 22.4. The van der Waals surface area contributed by atoms with Crippen LogP contribution in [0.5, 0.6) is 11.5 Å². The summed E-state index contributed by atoms with van der Waals surface area (Å²) in [6, 6.07) is 12.9. The van der Waals surface area contributed by atoms with Crippen molar-refractivity contribution >= 4 is 33.8 Å². The van der Waals surface area contributed by atoms with Gasteiger partial charge in [-0.1, -0.05) is 40.2 Å². The van der Waals surface area contributed by atoms with Crippen LogP contribution < -0.4 is 20.7 Å². The molecule has 2 aromatic carbocycles. The SMILES string of the molecule is CCOc1cc(C=Cc2[nH]c(=O)[nH]c(=O)c2[N+](=O)[O-])ccc1OCc1ccc(Br)cc1. The van der Waals surface area contributed by atoms with Gasteiger partial charge in [0.2, 0.25) is 0 Å². The molecule has 2 N–H and O–H groups in total. The normalized spacial score (nSPS) is 10.9. The van der Waals surface area contributed by atoms with Gasteiger partial charge >= 0.3 is 16.9 Å². The Balaban J connectivity index is 1.85. The molecule has 3 aromatic rings. The van der Waals surface area contributed by atoms with Crippen molar-refractivity contribution in [3.63, 3.8) is 0 Å². The molecule has 0 spiro atoms. The number of ether oxygens (including phenoxy) is 2. The summed E-state index contributed by atoms with van der Waals surface area (Å²) < 4.78 is 12.5. The van der Waals surface area contributed by atoms with Crippen molar-refractivity contribution in [2.75, 3.05) is 6.61 Å². The molecule has 0 unspecified atom stereocenters. The molecular formula is C21H18BrN3O6. The van der Waals surface area contributed by atoms with Gasteiger partial charge < -0.3 is 14.5 Å². The van der Waals surface area contributed by atoms with Crippen molar-refractivity contribution < 1.29 is 14.4 Å². The second-order valence-corrected chi connectivity index (χ2v) is 7.23. The fraction of sp³-hybridized carbons (Fsp3) is 0.143. The molecule has 0 aliphatic heterocycles. The van der Waals surface area contributed by atoms with Crippen molar-refractivity contribution in [3.05, 3.63) is 94.7 Å². The first-order chi connectivity index (χ1) is 14.9. The molecule has 1 aromatic heterocycles. The zero-order valence-corrected chi connectivity index (χ0v) is 18.0. The first kappa shape index (κ1) is 22.0. The van der Waals surface area contributed by atoms with Crippen LogP contribution >= 0.6 is 15.9 Å². The van der Waals surface area contributed by atoms with Gasteiger partial charge in [-0.15, -0.1) is 0 Å². The minimum atomic E-state index is -1.07. The summed E-state index contributed by atoms with van der Waals surface area (Å²) in [5.74, 6) is 1.04. The number of aromatic amines is 2. The lowest BCUT2D eigenvalue weighted by atomic mass is 10.1. The molecule has 9 nitrogen and oxygen atoms in total. The van der Waals surface area contributed by atoms with Gasteiger partial charge in [-0.25, -0.2) is 4.79 Å². The van der Waals surface area contributed by atoms with Crippen LogP contribution in [0.4, 0.5) is 5.69 Å². The van der Waals surface area contributed by atoms with Crippen LogP contribution in [0.25, 0.3) is 12.2 Å². The van der Waals surface area contributed by atoms with Crippen LogP contribution in [0, 0.1) is 10.1 Å². The number of rotatable bonds is 8. The third-order valence-corrected chi connectivity index (χ3v) is 4.67. The molecule has 0 atom stereocenters. The Hall–Kier alpha value is -3.66. The number of benzene rings is 2. The van der Waals surface area contributed by atoms with Crippen LogP contribution in [0.15, 0.2) is 56.5 Å². The topological polar surface area (TPSA) is 127 Å². The number of nitrogens with zero attached hydrogens (tertiary/aromatic N) is 1. The van der Waals surface area contributed by atoms with E-state index >= 15 is 0 Å². The molecule has 0 aliphatic carbocycles. The highest BCUT2D eigenvalue weighted by Crippen LogP contribution is 2.30. The first-order valence-corrected chi connectivity index (χ1v) is 10.00. The van der Waals surface area contributed by atoms with E-state index in [1.165, 1.54) is 12.2 Å². The predicted molar refractivity (Wildman–Crippen MR) is 119 cm³/mol. The Kier molecular flexibility index (Phi) is 7.03. The van der Waals surface area contributed by atoms with Gasteiger partial charge in [0.1, 0.15) is 12.3 Å². The maximum Gasteiger partial charge on any atom is 0.357 e. The lowest BCUT2D eigenvalue weighted by Crippen LogP contribution is -2.25. The van der Waals surface area contributed by atoms with E-state index in [0.29, 0.717) is 30.3 Å². The van der Waals surface area contributed by atoms with E-state index in [1.54, 1.807) is 18.2 Å². The van der Waals surface area contributed by atoms with Gasteiger partial charge in [-0.3, -0.25) is 19.9 Å². The van der Waals surface area contributed by atoms with Crippen molar-refractivity contribution in [2.45, 2.75) is 13.5 Å². The summed E-state index contributed by atoms with van der Waals surface area (Å²) in [7, 11) is 0. The fourth-order valence-corrected chi connectivity index (χ4v) is 3.00. The highest BCUT2D eigenvalue weighted by atomic mass is 79.9. The lowest BCUT2D eigenvalue weighted by Gasteiger charge is -2.13. The molecule has 160 valence electrons. The van der Waals surface area contributed by atoms with E-state index in [4.69, 9.17) is 9.47 Å². The monoisotopic (exact) mass is 487 g/mol. The Morgan fingerprint density at radius 2 is 1.77 bits per heavy atom. The summed E-state index contributed by atoms with van der Waals surface area (Å²) >= 11 is 3.39. The van der Waals surface area contributed by atoms with Crippen molar-refractivity contribution in [3.8, 4) is 11.5 Å². The van der Waals surface area contributed by atoms with Crippen molar-refractivity contribution in [1.82, 2.24) is 9.97 Å². The van der Waals surface area contributed by atoms with Crippen molar-refractivity contribution in [2.24, 2.45) is 0 Å². The summed E-state index contributed by atoms with van der Waals surface area (Å²) in [6.45, 7) is 2.60. The van der Waals surface area contributed by atoms with Crippen LogP contribution in [0.2, 0.25) is 0 Å². The van der Waals surface area contributed by atoms with Crippen LogP contribution in [0.1, 0.15) is 23.7 Å². The van der Waals surface area contributed by atoms with Gasteiger partial charge in [0.25, 0.3) is 0 Å². The average Bonchev–Trinajstić information content (AvgIpc) is 2.72. The average molecular weight is 488 g/mol. The largest absolute Gasteiger partial charge is 0.490 e. The number of nitro groups is 1. The van der Waals surface area contributed by atoms with Gasteiger partial charge in [0, 0.05) is 4.47 Å². The summed E-state index contributed by atoms with van der Waals surface area (Å²) in [4.78, 5) is 37.6. The van der Waals surface area contributed by atoms with Crippen LogP contribution in [0.3, 0.4) is 0 Å². The molecule has 0 bridgehead atoms. The molecule has 0 aliphatic rings. The number of halogens is 1. The predicted octanol–water partition coefficient (Wildman–Crippen LogP) is 3.88. The zero-order valence-electron chi connectivity index (χ0n) is 16.4. The van der Waals surface area contributed by atoms with E-state index in [9.17, 15) is 19.7 Å². The third-order valence-electron chi connectivity index (χ3n) is 4.15. The van der Waals surface area contributed by atoms with Gasteiger partial charge in [0.05, 0.1) is 11.5 Å². The summed E-state index contributed by atoms with van der Waals surface area (Å²) in [6.07, 6.45) is 2.82. The minimum absolute atomic E-state index is 0.202. The molecule has 0 fully saturated rings. The molecule has 31 heavy (non-hydrogen) atoms. The van der Waals surface area contributed by atoms with Crippen LogP contribution in [-0.2, 0) is 6.61 Å². The van der Waals surface area contributed by atoms with Gasteiger partial charge in [0.15, 0.2) is 11.5 Å². The second kappa shape index (κ2) is 9.90. The van der Waals surface area contributed by atoms with E-state index in [1.807, 2.05) is 36.2 Å². The quantitative estimate of drug-likeness (QED) is 0.366. The van der Waals surface area contributed by atoms with Crippen LogP contribution in [-0.4, -0.2) is 21.5 Å². The number of aromatic nitrogens is 2. The molecule has 0 radical (unpaired) electrons. The van der Waals surface area contributed by atoms with Gasteiger partial charge in [-0.05, 0) is 48.4 Å². The second-order valence-electron chi connectivity index (χ2n) is 6.32. The van der Waals surface area contributed by atoms with E-state index < -0.39 is 21.9 Å². The molecule has 1 heterocycles. The summed E-state index contributed by atoms with van der Waals surface area (Å²) in [5, 5.41) is 11.1. The van der Waals surface area contributed by atoms with Crippen molar-refractivity contribution in [1.29, 1.82) is 0 Å². The third kappa shape index (κ3) is 5.70. The standard InChI is InChI=1S/C21H18BrN3O6/c1-2-30-18-11-13(5-9-16-19(25(28)29)20(26)24-21(27)23-16)6-10-17(18)31-12-14-3-7-15(22)8-4-14/h3-11H,2,12H2,1H3,(H2,23,24,26,27). The smallest absolute Gasteiger partial charge is 0.357 e. The molecule has 0 saturated heterocycles. The van der Waals surface area contributed by atoms with E-state index in [-0.39, 0.29) is 5.69 Å². The number of nitrogens with one attached hydrogen (secondary N) is 2.